The first-order chi connectivity index (χ1) is 12.3. The van der Waals surface area contributed by atoms with Crippen LogP contribution in [-0.4, -0.2) is 27.6 Å². The Balaban J connectivity index is 1.94. The van der Waals surface area contributed by atoms with Crippen molar-refractivity contribution in [3.63, 3.8) is 0 Å². The zero-order chi connectivity index (χ0) is 19.3. The summed E-state index contributed by atoms with van der Waals surface area (Å²) in [4.78, 5) is 24.1. The van der Waals surface area contributed by atoms with Gasteiger partial charge in [0, 0.05) is 29.4 Å². The van der Waals surface area contributed by atoms with Crippen molar-refractivity contribution in [3.05, 3.63) is 36.5 Å². The number of hydrogen-bond donors (Lipinski definition) is 3. The maximum absolute atomic E-state index is 12.4. The van der Waals surface area contributed by atoms with Gasteiger partial charge in [-0.1, -0.05) is 13.8 Å². The van der Waals surface area contributed by atoms with Crippen LogP contribution in [0, 0.1) is 5.92 Å². The van der Waals surface area contributed by atoms with E-state index in [1.54, 1.807) is 36.0 Å². The molecule has 1 unspecified atom stereocenters. The molecule has 2 rings (SSSR count). The molecular weight excluding hydrogens is 330 g/mol. The largest absolute Gasteiger partial charge is 0.374 e. The first-order valence-electron chi connectivity index (χ1n) is 8.79. The van der Waals surface area contributed by atoms with Crippen LogP contribution in [0.3, 0.4) is 0 Å². The minimum Gasteiger partial charge on any atom is -0.374 e. The summed E-state index contributed by atoms with van der Waals surface area (Å²) in [5.74, 6) is 0.422. The maximum Gasteiger partial charge on any atom is 0.247 e. The molecule has 0 saturated heterocycles. The Labute approximate surface area is 154 Å². The standard InChI is InChI=1S/C19H27N5O2/c1-12(2)18(25)22-16-8-6-15(7-9-16)21-14(5)19(26)23-17-10-11-20-24(17)13(3)4/h6-14,21H,1-5H3,(H,22,25)(H,23,26). The van der Waals surface area contributed by atoms with E-state index in [4.69, 9.17) is 0 Å². The van der Waals surface area contributed by atoms with Crippen LogP contribution in [0.15, 0.2) is 36.5 Å². The molecule has 7 nitrogen and oxygen atoms in total. The molecule has 0 aliphatic rings. The van der Waals surface area contributed by atoms with Crippen LogP contribution >= 0.6 is 0 Å². The van der Waals surface area contributed by atoms with Gasteiger partial charge in [-0.05, 0) is 45.0 Å². The second-order valence-electron chi connectivity index (χ2n) is 6.83. The predicted octanol–water partition coefficient (Wildman–Crippen LogP) is 3.50. The topological polar surface area (TPSA) is 88.1 Å². The first kappa shape index (κ1) is 19.5. The fourth-order valence-corrected chi connectivity index (χ4v) is 2.31. The number of rotatable bonds is 7. The van der Waals surface area contributed by atoms with Crippen molar-refractivity contribution in [2.24, 2.45) is 5.92 Å². The summed E-state index contributed by atoms with van der Waals surface area (Å²) in [7, 11) is 0. The van der Waals surface area contributed by atoms with Gasteiger partial charge in [0.1, 0.15) is 11.9 Å². The third-order valence-electron chi connectivity index (χ3n) is 3.86. The molecule has 0 spiro atoms. The number of nitrogens with one attached hydrogen (secondary N) is 3. The second kappa shape index (κ2) is 8.51. The highest BCUT2D eigenvalue weighted by molar-refractivity contribution is 5.96. The lowest BCUT2D eigenvalue weighted by Gasteiger charge is -2.17. The predicted molar refractivity (Wildman–Crippen MR) is 104 cm³/mol. The number of carbonyl (C=O) groups is 2. The number of aromatic nitrogens is 2. The molecule has 26 heavy (non-hydrogen) atoms. The van der Waals surface area contributed by atoms with E-state index in [-0.39, 0.29) is 23.8 Å². The number of nitrogens with zero attached hydrogens (tertiary/aromatic N) is 2. The number of carbonyl (C=O) groups excluding carboxylic acids is 2. The van der Waals surface area contributed by atoms with E-state index in [1.165, 1.54) is 0 Å². The summed E-state index contributed by atoms with van der Waals surface area (Å²) in [6, 6.07) is 8.79. The lowest BCUT2D eigenvalue weighted by molar-refractivity contribution is -0.119. The average Bonchev–Trinajstić information content (AvgIpc) is 3.04. The lowest BCUT2D eigenvalue weighted by Crippen LogP contribution is -2.32. The summed E-state index contributed by atoms with van der Waals surface area (Å²) in [5.41, 5.74) is 1.53. The van der Waals surface area contributed by atoms with Crippen molar-refractivity contribution in [2.45, 2.75) is 46.7 Å². The van der Waals surface area contributed by atoms with Crippen LogP contribution in [0.4, 0.5) is 17.2 Å². The highest BCUT2D eigenvalue weighted by Crippen LogP contribution is 2.17. The van der Waals surface area contributed by atoms with Gasteiger partial charge in [-0.25, -0.2) is 4.68 Å². The maximum atomic E-state index is 12.4. The summed E-state index contributed by atoms with van der Waals surface area (Å²) in [5, 5.41) is 13.1. The van der Waals surface area contributed by atoms with Gasteiger partial charge in [0.2, 0.25) is 11.8 Å². The Morgan fingerprint density at radius 2 is 1.50 bits per heavy atom. The van der Waals surface area contributed by atoms with E-state index >= 15 is 0 Å². The average molecular weight is 357 g/mol. The molecule has 7 heteroatoms. The Hall–Kier alpha value is -2.83. The molecule has 2 amide bonds. The minimum atomic E-state index is -0.429. The monoisotopic (exact) mass is 357 g/mol. The van der Waals surface area contributed by atoms with E-state index in [0.29, 0.717) is 5.82 Å². The smallest absolute Gasteiger partial charge is 0.247 e. The molecule has 0 fully saturated rings. The molecule has 2 aromatic rings. The Morgan fingerprint density at radius 1 is 0.885 bits per heavy atom. The van der Waals surface area contributed by atoms with E-state index in [9.17, 15) is 9.59 Å². The fourth-order valence-electron chi connectivity index (χ4n) is 2.31. The van der Waals surface area contributed by atoms with E-state index < -0.39 is 6.04 Å². The molecule has 140 valence electrons. The minimum absolute atomic E-state index is 0.0276. The molecule has 1 aromatic carbocycles. The molecule has 1 heterocycles. The van der Waals surface area contributed by atoms with Crippen LogP contribution < -0.4 is 16.0 Å². The zero-order valence-corrected chi connectivity index (χ0v) is 15.9. The van der Waals surface area contributed by atoms with Gasteiger partial charge in [-0.2, -0.15) is 5.10 Å². The van der Waals surface area contributed by atoms with Gasteiger partial charge >= 0.3 is 0 Å². The van der Waals surface area contributed by atoms with Gasteiger partial charge in [0.15, 0.2) is 0 Å². The molecule has 0 radical (unpaired) electrons. The molecule has 0 aliphatic carbocycles. The number of hydrogen-bond acceptors (Lipinski definition) is 4. The van der Waals surface area contributed by atoms with Crippen molar-refractivity contribution < 1.29 is 9.59 Å². The van der Waals surface area contributed by atoms with Crippen molar-refractivity contribution in [1.29, 1.82) is 0 Å². The Kier molecular flexibility index (Phi) is 6.38. The van der Waals surface area contributed by atoms with Crippen molar-refractivity contribution in [1.82, 2.24) is 9.78 Å². The zero-order valence-electron chi connectivity index (χ0n) is 15.9. The summed E-state index contributed by atoms with van der Waals surface area (Å²) in [6.45, 7) is 9.49. The summed E-state index contributed by atoms with van der Waals surface area (Å²) < 4.78 is 1.76. The number of benzene rings is 1. The third kappa shape index (κ3) is 5.08. The van der Waals surface area contributed by atoms with E-state index in [2.05, 4.69) is 21.0 Å². The molecule has 1 aromatic heterocycles. The number of amides is 2. The van der Waals surface area contributed by atoms with Crippen LogP contribution in [0.1, 0.15) is 40.7 Å². The lowest BCUT2D eigenvalue weighted by atomic mass is 10.2. The van der Waals surface area contributed by atoms with Crippen molar-refractivity contribution >= 4 is 29.0 Å². The SMILES string of the molecule is CC(C)C(=O)Nc1ccc(NC(C)C(=O)Nc2ccnn2C(C)C)cc1. The van der Waals surface area contributed by atoms with Crippen LogP contribution in [0.2, 0.25) is 0 Å². The highest BCUT2D eigenvalue weighted by Gasteiger charge is 2.16. The molecular formula is C19H27N5O2. The van der Waals surface area contributed by atoms with Gasteiger partial charge in [-0.15, -0.1) is 0 Å². The van der Waals surface area contributed by atoms with Crippen LogP contribution in [0.25, 0.3) is 0 Å². The van der Waals surface area contributed by atoms with Crippen molar-refractivity contribution in [3.8, 4) is 0 Å². The normalized spacial score (nSPS) is 12.1. The Morgan fingerprint density at radius 3 is 2.08 bits per heavy atom. The first-order valence-corrected chi connectivity index (χ1v) is 8.79. The van der Waals surface area contributed by atoms with Crippen LogP contribution in [-0.2, 0) is 9.59 Å². The van der Waals surface area contributed by atoms with Gasteiger partial charge in [-0.3, -0.25) is 9.59 Å². The Bertz CT molecular complexity index is 750. The summed E-state index contributed by atoms with van der Waals surface area (Å²) in [6.07, 6.45) is 1.66. The fraction of sp³-hybridized carbons (Fsp3) is 0.421. The molecule has 1 atom stereocenters. The van der Waals surface area contributed by atoms with Gasteiger partial charge in [0.05, 0.1) is 6.20 Å². The quantitative estimate of drug-likeness (QED) is 0.708. The molecule has 3 N–H and O–H groups in total. The summed E-state index contributed by atoms with van der Waals surface area (Å²) >= 11 is 0. The second-order valence-corrected chi connectivity index (χ2v) is 6.83. The highest BCUT2D eigenvalue weighted by atomic mass is 16.2. The van der Waals surface area contributed by atoms with E-state index in [0.717, 1.165) is 11.4 Å². The number of anilines is 3. The molecule has 0 aliphatic heterocycles. The van der Waals surface area contributed by atoms with Gasteiger partial charge < -0.3 is 16.0 Å². The third-order valence-corrected chi connectivity index (χ3v) is 3.86. The van der Waals surface area contributed by atoms with Crippen molar-refractivity contribution in [2.75, 3.05) is 16.0 Å². The van der Waals surface area contributed by atoms with E-state index in [1.807, 2.05) is 39.8 Å². The van der Waals surface area contributed by atoms with Crippen LogP contribution in [0.5, 0.6) is 0 Å². The molecule has 0 bridgehead atoms. The van der Waals surface area contributed by atoms with Gasteiger partial charge in [0.25, 0.3) is 0 Å². The molecule has 0 saturated carbocycles.